The molecule has 0 saturated carbocycles. The highest BCUT2D eigenvalue weighted by molar-refractivity contribution is 5.58. The first kappa shape index (κ1) is 10.2. The molecule has 2 rings (SSSR count). The van der Waals surface area contributed by atoms with E-state index >= 15 is 0 Å². The molecule has 0 saturated heterocycles. The molecule has 0 atom stereocenters. The number of para-hydroxylation sites is 1. The van der Waals surface area contributed by atoms with Crippen molar-refractivity contribution in [3.63, 3.8) is 0 Å². The second-order valence-corrected chi connectivity index (χ2v) is 3.20. The summed E-state index contributed by atoms with van der Waals surface area (Å²) in [6.07, 6.45) is 0. The third kappa shape index (κ3) is 1.86. The van der Waals surface area contributed by atoms with Crippen molar-refractivity contribution in [1.29, 1.82) is 0 Å². The van der Waals surface area contributed by atoms with Gasteiger partial charge in [-0.3, -0.25) is 0 Å². The topological polar surface area (TPSA) is 69.9 Å². The van der Waals surface area contributed by atoms with E-state index in [0.717, 1.165) is 0 Å². The molecule has 4 heteroatoms. The van der Waals surface area contributed by atoms with E-state index in [1.54, 1.807) is 24.3 Å². The van der Waals surface area contributed by atoms with Crippen LogP contribution in [0.25, 0.3) is 0 Å². The molecule has 82 valence electrons. The van der Waals surface area contributed by atoms with E-state index in [1.165, 1.54) is 12.1 Å². The molecule has 3 N–H and O–H groups in total. The molecule has 0 unspecified atom stereocenters. The normalized spacial score (nSPS) is 10.0. The fraction of sp³-hybridized carbons (Fsp3) is 0. The summed E-state index contributed by atoms with van der Waals surface area (Å²) in [5, 5.41) is 28.2. The number of rotatable bonds is 2. The van der Waals surface area contributed by atoms with Gasteiger partial charge in [0.2, 0.25) is 11.5 Å². The minimum atomic E-state index is -0.483. The molecular weight excluding hydrogens is 208 g/mol. The summed E-state index contributed by atoms with van der Waals surface area (Å²) in [5.41, 5.74) is 0. The Balaban J connectivity index is 2.38. The molecule has 2 aromatic carbocycles. The lowest BCUT2D eigenvalue weighted by molar-refractivity contribution is 0.352. The second-order valence-electron chi connectivity index (χ2n) is 3.20. The third-order valence-electron chi connectivity index (χ3n) is 2.05. The van der Waals surface area contributed by atoms with E-state index in [0.29, 0.717) is 5.75 Å². The Bertz CT molecular complexity index is 494. The highest BCUT2D eigenvalue weighted by Gasteiger charge is 2.13. The van der Waals surface area contributed by atoms with Gasteiger partial charge in [-0.1, -0.05) is 18.2 Å². The molecule has 0 bridgehead atoms. The zero-order valence-corrected chi connectivity index (χ0v) is 8.29. The summed E-state index contributed by atoms with van der Waals surface area (Å²) in [6, 6.07) is 11.1. The molecule has 16 heavy (non-hydrogen) atoms. The van der Waals surface area contributed by atoms with Crippen molar-refractivity contribution in [3.05, 3.63) is 42.5 Å². The van der Waals surface area contributed by atoms with Crippen molar-refractivity contribution in [3.8, 4) is 28.7 Å². The van der Waals surface area contributed by atoms with Gasteiger partial charge in [-0.05, 0) is 24.3 Å². The van der Waals surface area contributed by atoms with E-state index in [-0.39, 0.29) is 17.2 Å². The monoisotopic (exact) mass is 218 g/mol. The summed E-state index contributed by atoms with van der Waals surface area (Å²) < 4.78 is 5.26. The van der Waals surface area contributed by atoms with Gasteiger partial charge in [-0.2, -0.15) is 0 Å². The van der Waals surface area contributed by atoms with Gasteiger partial charge in [0, 0.05) is 0 Å². The summed E-state index contributed by atoms with van der Waals surface area (Å²) in [7, 11) is 0. The Morgan fingerprint density at radius 3 is 2.06 bits per heavy atom. The minimum Gasteiger partial charge on any atom is -0.504 e. The first-order valence-corrected chi connectivity index (χ1v) is 4.65. The predicted octanol–water partition coefficient (Wildman–Crippen LogP) is 2.60. The molecule has 0 aliphatic rings. The fourth-order valence-electron chi connectivity index (χ4n) is 1.26. The van der Waals surface area contributed by atoms with Gasteiger partial charge in [0.1, 0.15) is 5.75 Å². The van der Waals surface area contributed by atoms with Gasteiger partial charge < -0.3 is 20.1 Å². The molecule has 2 aromatic rings. The SMILES string of the molecule is Oc1ccc(O)c(Oc2ccccc2)c1O. The number of benzene rings is 2. The summed E-state index contributed by atoms with van der Waals surface area (Å²) in [4.78, 5) is 0. The standard InChI is InChI=1S/C12H10O4/c13-9-6-7-10(14)12(11(9)15)16-8-4-2-1-3-5-8/h1-7,13-15H. The van der Waals surface area contributed by atoms with E-state index in [2.05, 4.69) is 0 Å². The van der Waals surface area contributed by atoms with Crippen LogP contribution >= 0.6 is 0 Å². The molecule has 0 spiro atoms. The van der Waals surface area contributed by atoms with Crippen molar-refractivity contribution < 1.29 is 20.1 Å². The lowest BCUT2D eigenvalue weighted by Crippen LogP contribution is -1.85. The molecule has 0 aliphatic carbocycles. The van der Waals surface area contributed by atoms with Gasteiger partial charge in [-0.15, -0.1) is 0 Å². The largest absolute Gasteiger partial charge is 0.504 e. The predicted molar refractivity (Wildman–Crippen MR) is 58.0 cm³/mol. The van der Waals surface area contributed by atoms with Crippen LogP contribution in [0.2, 0.25) is 0 Å². The number of aromatic hydroxyl groups is 3. The summed E-state index contributed by atoms with van der Waals surface area (Å²) in [6.45, 7) is 0. The number of phenolic OH excluding ortho intramolecular Hbond substituents is 3. The summed E-state index contributed by atoms with van der Waals surface area (Å²) in [5.74, 6) is -0.767. The Labute approximate surface area is 92.0 Å². The van der Waals surface area contributed by atoms with Gasteiger partial charge in [-0.25, -0.2) is 0 Å². The molecule has 0 heterocycles. The lowest BCUT2D eigenvalue weighted by atomic mass is 10.2. The molecule has 0 radical (unpaired) electrons. The Hall–Kier alpha value is -2.36. The maximum atomic E-state index is 9.50. The molecule has 0 fully saturated rings. The van der Waals surface area contributed by atoms with Crippen LogP contribution in [-0.2, 0) is 0 Å². The van der Waals surface area contributed by atoms with Gasteiger partial charge in [0.25, 0.3) is 0 Å². The molecule has 4 nitrogen and oxygen atoms in total. The van der Waals surface area contributed by atoms with Crippen LogP contribution in [0.5, 0.6) is 28.7 Å². The first-order chi connectivity index (χ1) is 7.68. The van der Waals surface area contributed by atoms with Crippen LogP contribution in [0.1, 0.15) is 0 Å². The third-order valence-corrected chi connectivity index (χ3v) is 2.05. The van der Waals surface area contributed by atoms with E-state index in [9.17, 15) is 15.3 Å². The van der Waals surface area contributed by atoms with Crippen molar-refractivity contribution in [2.24, 2.45) is 0 Å². The van der Waals surface area contributed by atoms with Gasteiger partial charge in [0.15, 0.2) is 11.5 Å². The van der Waals surface area contributed by atoms with Crippen molar-refractivity contribution in [2.75, 3.05) is 0 Å². The Morgan fingerprint density at radius 1 is 0.750 bits per heavy atom. The number of phenols is 3. The molecule has 0 aliphatic heterocycles. The van der Waals surface area contributed by atoms with Crippen molar-refractivity contribution in [1.82, 2.24) is 0 Å². The van der Waals surface area contributed by atoms with Crippen LogP contribution in [0.3, 0.4) is 0 Å². The lowest BCUT2D eigenvalue weighted by Gasteiger charge is -2.09. The molecular formula is C12H10O4. The zero-order valence-electron chi connectivity index (χ0n) is 8.29. The quantitative estimate of drug-likeness (QED) is 0.535. The van der Waals surface area contributed by atoms with Crippen LogP contribution in [0.4, 0.5) is 0 Å². The Morgan fingerprint density at radius 2 is 1.38 bits per heavy atom. The van der Waals surface area contributed by atoms with Crippen LogP contribution in [0, 0.1) is 0 Å². The number of ether oxygens (including phenoxy) is 1. The van der Waals surface area contributed by atoms with Crippen LogP contribution in [0.15, 0.2) is 42.5 Å². The van der Waals surface area contributed by atoms with Crippen molar-refractivity contribution in [2.45, 2.75) is 0 Å². The van der Waals surface area contributed by atoms with E-state index < -0.39 is 5.75 Å². The molecule has 0 amide bonds. The highest BCUT2D eigenvalue weighted by Crippen LogP contribution is 2.44. The van der Waals surface area contributed by atoms with E-state index in [1.807, 2.05) is 6.07 Å². The second kappa shape index (κ2) is 4.02. The minimum absolute atomic E-state index is 0.161. The van der Waals surface area contributed by atoms with Gasteiger partial charge >= 0.3 is 0 Å². The van der Waals surface area contributed by atoms with E-state index in [4.69, 9.17) is 4.74 Å². The maximum absolute atomic E-state index is 9.50. The van der Waals surface area contributed by atoms with Crippen LogP contribution in [-0.4, -0.2) is 15.3 Å². The van der Waals surface area contributed by atoms with Gasteiger partial charge in [0.05, 0.1) is 0 Å². The van der Waals surface area contributed by atoms with Crippen molar-refractivity contribution >= 4 is 0 Å². The van der Waals surface area contributed by atoms with Crippen LogP contribution < -0.4 is 4.74 Å². The zero-order chi connectivity index (χ0) is 11.5. The maximum Gasteiger partial charge on any atom is 0.214 e. The fourth-order valence-corrected chi connectivity index (χ4v) is 1.26. The number of hydrogen-bond acceptors (Lipinski definition) is 4. The number of hydrogen-bond donors (Lipinski definition) is 3. The smallest absolute Gasteiger partial charge is 0.214 e. The highest BCUT2D eigenvalue weighted by atomic mass is 16.5. The first-order valence-electron chi connectivity index (χ1n) is 4.65. The Kier molecular flexibility index (Phi) is 2.55. The average Bonchev–Trinajstić information content (AvgIpc) is 2.31. The summed E-state index contributed by atoms with van der Waals surface area (Å²) >= 11 is 0. The average molecular weight is 218 g/mol. The molecule has 0 aromatic heterocycles.